The zero-order chi connectivity index (χ0) is 11.4. The van der Waals surface area contributed by atoms with Crippen molar-refractivity contribution in [2.75, 3.05) is 13.2 Å². The molecule has 2 fully saturated rings. The second-order valence-corrected chi connectivity index (χ2v) is 5.07. The maximum atomic E-state index is 11.1. The van der Waals surface area contributed by atoms with Gasteiger partial charge in [-0.25, -0.2) is 0 Å². The second kappa shape index (κ2) is 5.78. The Bertz CT molecular complexity index is 221. The molecule has 2 rings (SSSR count). The van der Waals surface area contributed by atoms with Gasteiger partial charge in [0, 0.05) is 24.7 Å². The molecule has 0 spiro atoms. The largest absolute Gasteiger partial charge is 0.352 e. The Balaban J connectivity index is 1.74. The van der Waals surface area contributed by atoms with E-state index in [4.69, 9.17) is 9.47 Å². The number of hydrogen-bond acceptors (Lipinski definition) is 3. The Morgan fingerprint density at radius 2 is 1.81 bits per heavy atom. The van der Waals surface area contributed by atoms with Gasteiger partial charge in [0.25, 0.3) is 0 Å². The SMILES string of the molecule is CCCC1COC(C2CCC(=O)CC2)OC1. The van der Waals surface area contributed by atoms with Gasteiger partial charge in [0.1, 0.15) is 5.78 Å². The summed E-state index contributed by atoms with van der Waals surface area (Å²) in [6, 6.07) is 0. The van der Waals surface area contributed by atoms with E-state index in [9.17, 15) is 4.79 Å². The van der Waals surface area contributed by atoms with E-state index < -0.39 is 0 Å². The third-order valence-electron chi connectivity index (χ3n) is 3.66. The zero-order valence-corrected chi connectivity index (χ0v) is 10.1. The van der Waals surface area contributed by atoms with E-state index in [1.165, 1.54) is 12.8 Å². The summed E-state index contributed by atoms with van der Waals surface area (Å²) in [6.45, 7) is 3.87. The fraction of sp³-hybridized carbons (Fsp3) is 0.923. The standard InChI is InChI=1S/C13H22O3/c1-2-3-10-8-15-13(16-9-10)11-4-6-12(14)7-5-11/h10-11,13H,2-9H2,1H3. The molecule has 1 saturated carbocycles. The van der Waals surface area contributed by atoms with Gasteiger partial charge in [-0.1, -0.05) is 13.3 Å². The van der Waals surface area contributed by atoms with Gasteiger partial charge in [-0.2, -0.15) is 0 Å². The quantitative estimate of drug-likeness (QED) is 0.742. The molecule has 0 bridgehead atoms. The summed E-state index contributed by atoms with van der Waals surface area (Å²) in [7, 11) is 0. The summed E-state index contributed by atoms with van der Waals surface area (Å²) in [4.78, 5) is 11.1. The van der Waals surface area contributed by atoms with Gasteiger partial charge in [-0.15, -0.1) is 0 Å². The lowest BCUT2D eigenvalue weighted by Crippen LogP contribution is -2.38. The lowest BCUT2D eigenvalue weighted by atomic mass is 9.87. The summed E-state index contributed by atoms with van der Waals surface area (Å²) < 4.78 is 11.6. The Labute approximate surface area is 97.5 Å². The van der Waals surface area contributed by atoms with Crippen molar-refractivity contribution < 1.29 is 14.3 Å². The molecule has 0 aromatic rings. The van der Waals surface area contributed by atoms with Crippen LogP contribution in [0, 0.1) is 11.8 Å². The highest BCUT2D eigenvalue weighted by molar-refractivity contribution is 5.79. The minimum absolute atomic E-state index is 0.0405. The number of hydrogen-bond donors (Lipinski definition) is 0. The van der Waals surface area contributed by atoms with Crippen molar-refractivity contribution in [2.45, 2.75) is 51.7 Å². The van der Waals surface area contributed by atoms with E-state index >= 15 is 0 Å². The number of Topliss-reactive ketones (excluding diaryl/α,β-unsaturated/α-hetero) is 1. The monoisotopic (exact) mass is 226 g/mol. The van der Waals surface area contributed by atoms with E-state index in [2.05, 4.69) is 6.92 Å². The van der Waals surface area contributed by atoms with Crippen LogP contribution in [0.2, 0.25) is 0 Å². The first-order chi connectivity index (χ1) is 7.79. The molecule has 1 aliphatic carbocycles. The predicted molar refractivity (Wildman–Crippen MR) is 61.1 cm³/mol. The molecule has 0 aromatic heterocycles. The van der Waals surface area contributed by atoms with E-state index in [0.717, 1.165) is 26.1 Å². The first kappa shape index (κ1) is 12.1. The van der Waals surface area contributed by atoms with Crippen molar-refractivity contribution in [3.63, 3.8) is 0 Å². The van der Waals surface area contributed by atoms with Crippen LogP contribution in [0.5, 0.6) is 0 Å². The lowest BCUT2D eigenvalue weighted by molar-refractivity contribution is -0.228. The van der Waals surface area contributed by atoms with Gasteiger partial charge >= 0.3 is 0 Å². The maximum absolute atomic E-state index is 11.1. The van der Waals surface area contributed by atoms with E-state index in [0.29, 0.717) is 30.5 Å². The highest BCUT2D eigenvalue weighted by atomic mass is 16.7. The number of carbonyl (C=O) groups excluding carboxylic acids is 1. The van der Waals surface area contributed by atoms with E-state index in [-0.39, 0.29) is 6.29 Å². The number of rotatable bonds is 3. The van der Waals surface area contributed by atoms with Gasteiger partial charge in [0.2, 0.25) is 0 Å². The molecule has 0 radical (unpaired) electrons. The zero-order valence-electron chi connectivity index (χ0n) is 10.1. The molecular formula is C13H22O3. The summed E-state index contributed by atoms with van der Waals surface area (Å²) in [5, 5.41) is 0. The molecule has 0 atom stereocenters. The van der Waals surface area contributed by atoms with Crippen molar-refractivity contribution in [1.29, 1.82) is 0 Å². The molecule has 92 valence electrons. The predicted octanol–water partition coefficient (Wildman–Crippen LogP) is 2.53. The number of ketones is 1. The van der Waals surface area contributed by atoms with Crippen LogP contribution in [-0.4, -0.2) is 25.3 Å². The van der Waals surface area contributed by atoms with Crippen LogP contribution in [0.25, 0.3) is 0 Å². The Hall–Kier alpha value is -0.410. The highest BCUT2D eigenvalue weighted by Gasteiger charge is 2.31. The molecular weight excluding hydrogens is 204 g/mol. The van der Waals surface area contributed by atoms with Gasteiger partial charge in [0.05, 0.1) is 13.2 Å². The van der Waals surface area contributed by atoms with Crippen LogP contribution in [0.3, 0.4) is 0 Å². The first-order valence-electron chi connectivity index (χ1n) is 6.54. The third-order valence-corrected chi connectivity index (χ3v) is 3.66. The minimum atomic E-state index is -0.0405. The minimum Gasteiger partial charge on any atom is -0.352 e. The Kier molecular flexibility index (Phi) is 4.36. The van der Waals surface area contributed by atoms with Crippen molar-refractivity contribution in [2.24, 2.45) is 11.8 Å². The third kappa shape index (κ3) is 3.05. The molecule has 0 aromatic carbocycles. The normalized spacial score (nSPS) is 32.9. The average molecular weight is 226 g/mol. The van der Waals surface area contributed by atoms with Crippen LogP contribution < -0.4 is 0 Å². The van der Waals surface area contributed by atoms with Crippen LogP contribution in [0.15, 0.2) is 0 Å². The average Bonchev–Trinajstić information content (AvgIpc) is 2.32. The van der Waals surface area contributed by atoms with Gasteiger partial charge in [-0.3, -0.25) is 4.79 Å². The fourth-order valence-electron chi connectivity index (χ4n) is 2.64. The summed E-state index contributed by atoms with van der Waals surface area (Å²) in [5.74, 6) is 1.42. The smallest absolute Gasteiger partial charge is 0.160 e. The summed E-state index contributed by atoms with van der Waals surface area (Å²) >= 11 is 0. The van der Waals surface area contributed by atoms with E-state index in [1.807, 2.05) is 0 Å². The Morgan fingerprint density at radius 3 is 2.38 bits per heavy atom. The topological polar surface area (TPSA) is 35.5 Å². The summed E-state index contributed by atoms with van der Waals surface area (Å²) in [5.41, 5.74) is 0. The molecule has 3 heteroatoms. The van der Waals surface area contributed by atoms with E-state index in [1.54, 1.807) is 0 Å². The van der Waals surface area contributed by atoms with Crippen molar-refractivity contribution in [3.05, 3.63) is 0 Å². The fourth-order valence-corrected chi connectivity index (χ4v) is 2.64. The molecule has 0 unspecified atom stereocenters. The number of ether oxygens (including phenoxy) is 2. The van der Waals surface area contributed by atoms with Crippen LogP contribution >= 0.6 is 0 Å². The molecule has 1 aliphatic heterocycles. The molecule has 0 amide bonds. The maximum Gasteiger partial charge on any atom is 0.160 e. The Morgan fingerprint density at radius 1 is 1.19 bits per heavy atom. The van der Waals surface area contributed by atoms with Crippen molar-refractivity contribution in [1.82, 2.24) is 0 Å². The highest BCUT2D eigenvalue weighted by Crippen LogP contribution is 2.30. The molecule has 0 N–H and O–H groups in total. The molecule has 1 saturated heterocycles. The lowest BCUT2D eigenvalue weighted by Gasteiger charge is -2.35. The summed E-state index contributed by atoms with van der Waals surface area (Å²) in [6.07, 6.45) is 5.67. The van der Waals surface area contributed by atoms with Gasteiger partial charge in [-0.05, 0) is 19.3 Å². The molecule has 3 nitrogen and oxygen atoms in total. The molecule has 16 heavy (non-hydrogen) atoms. The van der Waals surface area contributed by atoms with Crippen LogP contribution in [0.1, 0.15) is 45.4 Å². The van der Waals surface area contributed by atoms with Crippen molar-refractivity contribution >= 4 is 5.78 Å². The van der Waals surface area contributed by atoms with Gasteiger partial charge < -0.3 is 9.47 Å². The molecule has 2 aliphatic rings. The van der Waals surface area contributed by atoms with Gasteiger partial charge in [0.15, 0.2) is 6.29 Å². The van der Waals surface area contributed by atoms with Crippen LogP contribution in [-0.2, 0) is 14.3 Å². The number of carbonyl (C=O) groups is 1. The van der Waals surface area contributed by atoms with Crippen LogP contribution in [0.4, 0.5) is 0 Å². The first-order valence-corrected chi connectivity index (χ1v) is 6.54. The van der Waals surface area contributed by atoms with Crippen molar-refractivity contribution in [3.8, 4) is 0 Å². The molecule has 1 heterocycles. The second-order valence-electron chi connectivity index (χ2n) is 5.07.